The summed E-state index contributed by atoms with van der Waals surface area (Å²) < 4.78 is 27.4. The molecule has 0 aliphatic carbocycles. The number of hydrogen-bond acceptors (Lipinski definition) is 4. The molecule has 1 aromatic carbocycles. The average molecular weight is 380 g/mol. The van der Waals surface area contributed by atoms with Crippen molar-refractivity contribution in [1.29, 1.82) is 0 Å². The van der Waals surface area contributed by atoms with E-state index in [1.54, 1.807) is 34.3 Å². The van der Waals surface area contributed by atoms with Gasteiger partial charge in [0, 0.05) is 28.1 Å². The zero-order valence-electron chi connectivity index (χ0n) is 11.5. The van der Waals surface area contributed by atoms with Crippen LogP contribution in [-0.4, -0.2) is 41.4 Å². The second-order valence-electron chi connectivity index (χ2n) is 5.37. The van der Waals surface area contributed by atoms with E-state index in [1.165, 1.54) is 0 Å². The molecule has 1 heterocycles. The molecule has 1 fully saturated rings. The summed E-state index contributed by atoms with van der Waals surface area (Å²) in [5.74, 6) is 0.804. The van der Waals surface area contributed by atoms with E-state index in [-0.39, 0.29) is 16.2 Å². The van der Waals surface area contributed by atoms with Crippen LogP contribution in [0.4, 0.5) is 0 Å². The lowest BCUT2D eigenvalue weighted by Gasteiger charge is -2.36. The first kappa shape index (κ1) is 16.3. The fraction of sp³-hybridized carbons (Fsp3) is 0.538. The van der Waals surface area contributed by atoms with Gasteiger partial charge in [0.15, 0.2) is 0 Å². The third kappa shape index (κ3) is 3.39. The fourth-order valence-corrected chi connectivity index (χ4v) is 6.17. The highest BCUT2D eigenvalue weighted by molar-refractivity contribution is 9.10. The van der Waals surface area contributed by atoms with Gasteiger partial charge in [0.2, 0.25) is 10.0 Å². The van der Waals surface area contributed by atoms with Crippen molar-refractivity contribution in [3.05, 3.63) is 28.2 Å². The number of halogens is 1. The second-order valence-corrected chi connectivity index (χ2v) is 9.93. The van der Waals surface area contributed by atoms with E-state index in [4.69, 9.17) is 5.11 Å². The summed E-state index contributed by atoms with van der Waals surface area (Å²) in [5.41, 5.74) is 0.686. The van der Waals surface area contributed by atoms with Gasteiger partial charge in [-0.05, 0) is 47.5 Å². The number of sulfonamides is 1. The Kier molecular flexibility index (Phi) is 4.86. The number of thioether (sulfide) groups is 1. The minimum absolute atomic E-state index is 0.0666. The molecule has 0 atom stereocenters. The van der Waals surface area contributed by atoms with Gasteiger partial charge < -0.3 is 5.11 Å². The van der Waals surface area contributed by atoms with E-state index >= 15 is 0 Å². The van der Waals surface area contributed by atoms with Crippen molar-refractivity contribution in [3.8, 4) is 0 Å². The molecule has 0 spiro atoms. The Labute approximate surface area is 132 Å². The van der Waals surface area contributed by atoms with Gasteiger partial charge in [0.1, 0.15) is 0 Å². The van der Waals surface area contributed by atoms with Crippen LogP contribution in [0.2, 0.25) is 0 Å². The molecule has 1 aliphatic rings. The van der Waals surface area contributed by atoms with Crippen molar-refractivity contribution in [3.63, 3.8) is 0 Å². The number of aliphatic hydroxyl groups is 1. The summed E-state index contributed by atoms with van der Waals surface area (Å²) in [4.78, 5) is 0.261. The van der Waals surface area contributed by atoms with Gasteiger partial charge in [-0.3, -0.25) is 0 Å². The van der Waals surface area contributed by atoms with Gasteiger partial charge in [-0.25, -0.2) is 8.42 Å². The van der Waals surface area contributed by atoms with Gasteiger partial charge in [0.05, 0.1) is 11.5 Å². The SMILES string of the molecule is CC1(C)CN(S(=O)(=O)c2ccc(CO)cc2Br)CCS1. The van der Waals surface area contributed by atoms with Gasteiger partial charge >= 0.3 is 0 Å². The third-order valence-corrected chi connectivity index (χ3v) is 7.31. The van der Waals surface area contributed by atoms with Gasteiger partial charge in [-0.2, -0.15) is 16.1 Å². The van der Waals surface area contributed by atoms with E-state index < -0.39 is 10.0 Å². The summed E-state index contributed by atoms with van der Waals surface area (Å²) in [6.45, 7) is 5.05. The number of nitrogens with zero attached hydrogens (tertiary/aromatic N) is 1. The maximum absolute atomic E-state index is 12.7. The lowest BCUT2D eigenvalue weighted by molar-refractivity contribution is 0.281. The van der Waals surface area contributed by atoms with Crippen molar-refractivity contribution >= 4 is 37.7 Å². The molecule has 1 N–H and O–H groups in total. The molecule has 1 saturated heterocycles. The minimum atomic E-state index is -3.50. The van der Waals surface area contributed by atoms with Crippen molar-refractivity contribution in [1.82, 2.24) is 4.31 Å². The van der Waals surface area contributed by atoms with E-state index in [9.17, 15) is 8.42 Å². The lowest BCUT2D eigenvalue weighted by atomic mass is 10.2. The normalized spacial score (nSPS) is 20.0. The zero-order chi connectivity index (χ0) is 15.0. The van der Waals surface area contributed by atoms with Gasteiger partial charge in [-0.15, -0.1) is 0 Å². The lowest BCUT2D eigenvalue weighted by Crippen LogP contribution is -2.46. The first-order chi connectivity index (χ1) is 9.26. The molecule has 0 bridgehead atoms. The van der Waals surface area contributed by atoms with Crippen LogP contribution in [0, 0.1) is 0 Å². The molecule has 20 heavy (non-hydrogen) atoms. The highest BCUT2D eigenvalue weighted by Gasteiger charge is 2.35. The molecule has 0 radical (unpaired) electrons. The first-order valence-electron chi connectivity index (χ1n) is 6.30. The molecule has 0 aromatic heterocycles. The van der Waals surface area contributed by atoms with Crippen LogP contribution in [0.25, 0.3) is 0 Å². The Morgan fingerprint density at radius 3 is 2.70 bits per heavy atom. The quantitative estimate of drug-likeness (QED) is 0.875. The largest absolute Gasteiger partial charge is 0.392 e. The van der Waals surface area contributed by atoms with Crippen LogP contribution < -0.4 is 0 Å². The van der Waals surface area contributed by atoms with Gasteiger partial charge in [0.25, 0.3) is 0 Å². The second kappa shape index (κ2) is 5.96. The molecule has 0 amide bonds. The van der Waals surface area contributed by atoms with Crippen LogP contribution >= 0.6 is 27.7 Å². The van der Waals surface area contributed by atoms with Crippen molar-refractivity contribution in [2.45, 2.75) is 30.1 Å². The minimum Gasteiger partial charge on any atom is -0.392 e. The fourth-order valence-electron chi connectivity index (χ4n) is 2.17. The molecule has 112 valence electrons. The Morgan fingerprint density at radius 1 is 1.45 bits per heavy atom. The zero-order valence-corrected chi connectivity index (χ0v) is 14.7. The van der Waals surface area contributed by atoms with Gasteiger partial charge in [-0.1, -0.05) is 6.07 Å². The summed E-state index contributed by atoms with van der Waals surface area (Å²) in [5, 5.41) is 9.09. The first-order valence-corrected chi connectivity index (χ1v) is 9.51. The Bertz CT molecular complexity index is 602. The highest BCUT2D eigenvalue weighted by atomic mass is 79.9. The average Bonchev–Trinajstić information content (AvgIpc) is 2.37. The van der Waals surface area contributed by atoms with E-state index in [0.29, 0.717) is 23.1 Å². The summed E-state index contributed by atoms with van der Waals surface area (Å²) >= 11 is 5.09. The Balaban J connectivity index is 2.35. The maximum atomic E-state index is 12.7. The molecular weight excluding hydrogens is 362 g/mol. The molecule has 0 saturated carbocycles. The number of hydrogen-bond donors (Lipinski definition) is 1. The topological polar surface area (TPSA) is 57.6 Å². The standard InChI is InChI=1S/C13H18BrNO3S2/c1-13(2)9-15(5-6-19-13)20(17,18)12-4-3-10(8-16)7-11(12)14/h3-4,7,16H,5-6,8-9H2,1-2H3. The van der Waals surface area contributed by atoms with Crippen molar-refractivity contribution in [2.24, 2.45) is 0 Å². The number of rotatable bonds is 3. The van der Waals surface area contributed by atoms with Crippen molar-refractivity contribution < 1.29 is 13.5 Å². The number of benzene rings is 1. The molecular formula is C13H18BrNO3S2. The molecule has 7 heteroatoms. The monoisotopic (exact) mass is 379 g/mol. The van der Waals surface area contributed by atoms with E-state index in [0.717, 1.165) is 5.75 Å². The summed E-state index contributed by atoms with van der Waals surface area (Å²) in [7, 11) is -3.50. The molecule has 0 unspecified atom stereocenters. The molecule has 2 rings (SSSR count). The van der Waals surface area contributed by atoms with E-state index in [2.05, 4.69) is 29.8 Å². The summed E-state index contributed by atoms with van der Waals surface area (Å²) in [6, 6.07) is 4.85. The highest BCUT2D eigenvalue weighted by Crippen LogP contribution is 2.34. The van der Waals surface area contributed by atoms with Crippen LogP contribution in [0.5, 0.6) is 0 Å². The van der Waals surface area contributed by atoms with E-state index in [1.807, 2.05) is 0 Å². The van der Waals surface area contributed by atoms with Crippen LogP contribution in [0.1, 0.15) is 19.4 Å². The maximum Gasteiger partial charge on any atom is 0.244 e. The predicted octanol–water partition coefficient (Wildman–Crippen LogP) is 2.46. The Hall–Kier alpha value is -0.0800. The smallest absolute Gasteiger partial charge is 0.244 e. The molecule has 4 nitrogen and oxygen atoms in total. The number of aliphatic hydroxyl groups excluding tert-OH is 1. The summed E-state index contributed by atoms with van der Waals surface area (Å²) in [6.07, 6.45) is 0. The Morgan fingerprint density at radius 2 is 2.15 bits per heavy atom. The van der Waals surface area contributed by atoms with Crippen LogP contribution in [0.3, 0.4) is 0 Å². The molecule has 1 aromatic rings. The predicted molar refractivity (Wildman–Crippen MR) is 85.4 cm³/mol. The van der Waals surface area contributed by atoms with Crippen LogP contribution in [0.15, 0.2) is 27.6 Å². The molecule has 1 aliphatic heterocycles. The third-order valence-electron chi connectivity index (χ3n) is 3.19. The van der Waals surface area contributed by atoms with Crippen molar-refractivity contribution in [2.75, 3.05) is 18.8 Å². The van der Waals surface area contributed by atoms with Crippen LogP contribution in [-0.2, 0) is 16.6 Å².